The number of nitrogens with zero attached hydrogens (tertiary/aromatic N) is 4. The van der Waals surface area contributed by atoms with E-state index in [-0.39, 0.29) is 17.9 Å². The molecule has 2 amide bonds. The van der Waals surface area contributed by atoms with E-state index >= 15 is 0 Å². The van der Waals surface area contributed by atoms with Gasteiger partial charge in [0.25, 0.3) is 5.91 Å². The Balaban J connectivity index is 1.39. The van der Waals surface area contributed by atoms with Crippen LogP contribution in [-0.4, -0.2) is 65.4 Å². The predicted octanol–water partition coefficient (Wildman–Crippen LogP) is 1.63. The van der Waals surface area contributed by atoms with Crippen LogP contribution in [0.3, 0.4) is 0 Å². The van der Waals surface area contributed by atoms with Crippen LogP contribution in [0.15, 0.2) is 47.2 Å². The Kier molecular flexibility index (Phi) is 4.60. The van der Waals surface area contributed by atoms with Crippen LogP contribution in [-0.2, 0) is 4.79 Å². The minimum absolute atomic E-state index is 0.0445. The lowest BCUT2D eigenvalue weighted by Crippen LogP contribution is -2.54. The number of pyridine rings is 1. The second kappa shape index (κ2) is 7.19. The zero-order valence-electron chi connectivity index (χ0n) is 14.6. The zero-order chi connectivity index (χ0) is 17.9. The van der Waals surface area contributed by atoms with Gasteiger partial charge in [0.1, 0.15) is 11.9 Å². The Labute approximate surface area is 152 Å². The number of anilines is 1. The Morgan fingerprint density at radius 2 is 1.88 bits per heavy atom. The van der Waals surface area contributed by atoms with Crippen LogP contribution in [0.1, 0.15) is 23.4 Å². The van der Waals surface area contributed by atoms with Crippen molar-refractivity contribution in [2.75, 3.05) is 37.6 Å². The molecule has 0 aliphatic carbocycles. The standard InChI is InChI=1S/C19H22N4O3/c24-18(15-5-3-9-23(15)19(25)16-6-4-14-26-16)22-12-10-21(11-13-22)17-7-1-2-8-20-17/h1-2,4,6-8,14-15H,3,5,9-13H2/t15-/m0/s1. The van der Waals surface area contributed by atoms with Gasteiger partial charge in [-0.1, -0.05) is 6.07 Å². The van der Waals surface area contributed by atoms with Gasteiger partial charge in [0.2, 0.25) is 5.91 Å². The highest BCUT2D eigenvalue weighted by Gasteiger charge is 2.38. The van der Waals surface area contributed by atoms with Gasteiger partial charge in [0, 0.05) is 38.9 Å². The molecular weight excluding hydrogens is 332 g/mol. The van der Waals surface area contributed by atoms with Crippen molar-refractivity contribution < 1.29 is 14.0 Å². The SMILES string of the molecule is O=C([C@@H]1CCCN1C(=O)c1ccco1)N1CCN(c2ccccn2)CC1. The molecule has 0 aromatic carbocycles. The summed E-state index contributed by atoms with van der Waals surface area (Å²) in [6.45, 7) is 3.40. The molecule has 26 heavy (non-hydrogen) atoms. The molecule has 4 heterocycles. The van der Waals surface area contributed by atoms with Gasteiger partial charge in [-0.05, 0) is 37.1 Å². The molecule has 2 aliphatic rings. The van der Waals surface area contributed by atoms with E-state index in [0.29, 0.717) is 31.8 Å². The molecule has 136 valence electrons. The molecule has 0 saturated carbocycles. The molecule has 2 aliphatic heterocycles. The second-order valence-electron chi connectivity index (χ2n) is 6.63. The van der Waals surface area contributed by atoms with E-state index in [1.54, 1.807) is 23.2 Å². The number of hydrogen-bond acceptors (Lipinski definition) is 5. The summed E-state index contributed by atoms with van der Waals surface area (Å²) in [5.74, 6) is 1.08. The topological polar surface area (TPSA) is 69.9 Å². The number of aromatic nitrogens is 1. The van der Waals surface area contributed by atoms with E-state index in [9.17, 15) is 9.59 Å². The van der Waals surface area contributed by atoms with E-state index in [4.69, 9.17) is 4.42 Å². The van der Waals surface area contributed by atoms with E-state index in [0.717, 1.165) is 25.3 Å². The summed E-state index contributed by atoms with van der Waals surface area (Å²) in [5, 5.41) is 0. The fraction of sp³-hybridized carbons (Fsp3) is 0.421. The lowest BCUT2D eigenvalue weighted by Gasteiger charge is -2.37. The molecular formula is C19H22N4O3. The first-order valence-corrected chi connectivity index (χ1v) is 9.03. The third-order valence-electron chi connectivity index (χ3n) is 5.10. The van der Waals surface area contributed by atoms with E-state index in [1.807, 2.05) is 23.1 Å². The van der Waals surface area contributed by atoms with Gasteiger partial charge in [-0.3, -0.25) is 9.59 Å². The maximum Gasteiger partial charge on any atom is 0.290 e. The second-order valence-corrected chi connectivity index (χ2v) is 6.63. The normalized spacial score (nSPS) is 20.5. The maximum absolute atomic E-state index is 13.0. The maximum atomic E-state index is 13.0. The summed E-state index contributed by atoms with van der Waals surface area (Å²) in [4.78, 5) is 35.7. The molecule has 7 nitrogen and oxygen atoms in total. The molecule has 0 radical (unpaired) electrons. The first-order valence-electron chi connectivity index (χ1n) is 9.03. The van der Waals surface area contributed by atoms with Crippen molar-refractivity contribution >= 4 is 17.6 Å². The highest BCUT2D eigenvalue weighted by atomic mass is 16.3. The number of carbonyl (C=O) groups excluding carboxylic acids is 2. The molecule has 0 bridgehead atoms. The van der Waals surface area contributed by atoms with Crippen molar-refractivity contribution in [1.29, 1.82) is 0 Å². The van der Waals surface area contributed by atoms with Gasteiger partial charge in [-0.25, -0.2) is 4.98 Å². The van der Waals surface area contributed by atoms with E-state index in [2.05, 4.69) is 9.88 Å². The van der Waals surface area contributed by atoms with Crippen molar-refractivity contribution in [3.63, 3.8) is 0 Å². The molecule has 0 N–H and O–H groups in total. The predicted molar refractivity (Wildman–Crippen MR) is 95.8 cm³/mol. The van der Waals surface area contributed by atoms with Gasteiger partial charge in [0.15, 0.2) is 5.76 Å². The highest BCUT2D eigenvalue weighted by molar-refractivity contribution is 5.96. The van der Waals surface area contributed by atoms with Crippen LogP contribution in [0.25, 0.3) is 0 Å². The van der Waals surface area contributed by atoms with E-state index in [1.165, 1.54) is 6.26 Å². The lowest BCUT2D eigenvalue weighted by molar-refractivity contribution is -0.135. The zero-order valence-corrected chi connectivity index (χ0v) is 14.6. The van der Waals surface area contributed by atoms with E-state index < -0.39 is 0 Å². The number of likely N-dealkylation sites (tertiary alicyclic amines) is 1. The van der Waals surface area contributed by atoms with Crippen LogP contribution in [0, 0.1) is 0 Å². The molecule has 2 aromatic rings. The van der Waals surface area contributed by atoms with Crippen LogP contribution in [0.5, 0.6) is 0 Å². The molecule has 2 saturated heterocycles. The van der Waals surface area contributed by atoms with Crippen molar-refractivity contribution in [1.82, 2.24) is 14.8 Å². The van der Waals surface area contributed by atoms with Gasteiger partial charge < -0.3 is 19.1 Å². The largest absolute Gasteiger partial charge is 0.459 e. The highest BCUT2D eigenvalue weighted by Crippen LogP contribution is 2.23. The van der Waals surface area contributed by atoms with Crippen molar-refractivity contribution in [2.45, 2.75) is 18.9 Å². The van der Waals surface area contributed by atoms with Gasteiger partial charge >= 0.3 is 0 Å². The number of rotatable bonds is 3. The Hall–Kier alpha value is -2.83. The number of furan rings is 1. The first-order chi connectivity index (χ1) is 12.7. The minimum atomic E-state index is -0.381. The van der Waals surface area contributed by atoms with Crippen LogP contribution in [0.2, 0.25) is 0 Å². The number of hydrogen-bond donors (Lipinski definition) is 0. The Bertz CT molecular complexity index is 754. The summed E-state index contributed by atoms with van der Waals surface area (Å²) in [7, 11) is 0. The number of carbonyl (C=O) groups is 2. The third-order valence-corrected chi connectivity index (χ3v) is 5.10. The average molecular weight is 354 g/mol. The monoisotopic (exact) mass is 354 g/mol. The summed E-state index contributed by atoms with van der Waals surface area (Å²) >= 11 is 0. The van der Waals surface area contributed by atoms with Crippen molar-refractivity contribution in [2.24, 2.45) is 0 Å². The third kappa shape index (κ3) is 3.16. The fourth-order valence-corrected chi connectivity index (χ4v) is 3.72. The lowest BCUT2D eigenvalue weighted by atomic mass is 10.1. The summed E-state index contributed by atoms with van der Waals surface area (Å²) in [6, 6.07) is 8.81. The fourth-order valence-electron chi connectivity index (χ4n) is 3.72. The van der Waals surface area contributed by atoms with Crippen LogP contribution >= 0.6 is 0 Å². The molecule has 0 spiro atoms. The summed E-state index contributed by atoms with van der Waals surface area (Å²) in [6.07, 6.45) is 4.82. The minimum Gasteiger partial charge on any atom is -0.459 e. The first kappa shape index (κ1) is 16.6. The average Bonchev–Trinajstić information content (AvgIpc) is 3.40. The molecule has 4 rings (SSSR count). The Morgan fingerprint density at radius 3 is 2.58 bits per heavy atom. The van der Waals surface area contributed by atoms with Gasteiger partial charge in [-0.2, -0.15) is 0 Å². The molecule has 2 fully saturated rings. The molecule has 1 atom stereocenters. The van der Waals surface area contributed by atoms with Gasteiger partial charge in [-0.15, -0.1) is 0 Å². The molecule has 2 aromatic heterocycles. The smallest absolute Gasteiger partial charge is 0.290 e. The summed E-state index contributed by atoms with van der Waals surface area (Å²) in [5.41, 5.74) is 0. The van der Waals surface area contributed by atoms with Crippen LogP contribution in [0.4, 0.5) is 5.82 Å². The number of amides is 2. The molecule has 0 unspecified atom stereocenters. The molecule has 7 heteroatoms. The van der Waals surface area contributed by atoms with Gasteiger partial charge in [0.05, 0.1) is 6.26 Å². The summed E-state index contributed by atoms with van der Waals surface area (Å²) < 4.78 is 5.21. The van der Waals surface area contributed by atoms with Crippen LogP contribution < -0.4 is 4.90 Å². The van der Waals surface area contributed by atoms with Crippen molar-refractivity contribution in [3.05, 3.63) is 48.6 Å². The van der Waals surface area contributed by atoms with Crippen molar-refractivity contribution in [3.8, 4) is 0 Å². The number of piperazine rings is 1. The Morgan fingerprint density at radius 1 is 1.04 bits per heavy atom. The quantitative estimate of drug-likeness (QED) is 0.838.